The van der Waals surface area contributed by atoms with Crippen molar-refractivity contribution in [3.05, 3.63) is 33.3 Å². The normalized spacial score (nSPS) is 11.7. The third-order valence-corrected chi connectivity index (χ3v) is 2.36. The van der Waals surface area contributed by atoms with Gasteiger partial charge in [-0.05, 0) is 19.9 Å². The molecule has 1 aromatic rings. The predicted octanol–water partition coefficient (Wildman–Crippen LogP) is 2.58. The van der Waals surface area contributed by atoms with Crippen LogP contribution in [0.5, 0.6) is 5.75 Å². The summed E-state index contributed by atoms with van der Waals surface area (Å²) in [4.78, 5) is 21.4. The van der Waals surface area contributed by atoms with Gasteiger partial charge in [-0.1, -0.05) is 11.6 Å². The van der Waals surface area contributed by atoms with E-state index < -0.39 is 17.0 Å². The number of carbonyl (C=O) groups is 1. The van der Waals surface area contributed by atoms with Crippen LogP contribution >= 0.6 is 11.6 Å². The summed E-state index contributed by atoms with van der Waals surface area (Å²) in [7, 11) is 0. The highest BCUT2D eigenvalue weighted by molar-refractivity contribution is 6.32. The number of ether oxygens (including phenoxy) is 2. The maximum absolute atomic E-state index is 11.4. The van der Waals surface area contributed by atoms with Crippen LogP contribution in [0.3, 0.4) is 0 Å². The minimum atomic E-state index is -0.885. The molecule has 1 rings (SSSR count). The lowest BCUT2D eigenvalue weighted by atomic mass is 10.3. The topological polar surface area (TPSA) is 78.7 Å². The molecule has 0 aliphatic heterocycles. The molecule has 0 N–H and O–H groups in total. The smallest absolute Gasteiger partial charge is 0.347 e. The fourth-order valence-corrected chi connectivity index (χ4v) is 1.36. The molecule has 0 saturated heterocycles. The lowest BCUT2D eigenvalue weighted by molar-refractivity contribution is -0.384. The molecule has 6 nitrogen and oxygen atoms in total. The van der Waals surface area contributed by atoms with Crippen LogP contribution in [0.25, 0.3) is 0 Å². The van der Waals surface area contributed by atoms with Crippen LogP contribution in [0.4, 0.5) is 5.69 Å². The van der Waals surface area contributed by atoms with Crippen LogP contribution in [0.15, 0.2) is 18.2 Å². The number of hydrogen-bond acceptors (Lipinski definition) is 5. The van der Waals surface area contributed by atoms with E-state index in [4.69, 9.17) is 21.1 Å². The summed E-state index contributed by atoms with van der Waals surface area (Å²) in [5, 5.41) is 10.8. The van der Waals surface area contributed by atoms with Crippen molar-refractivity contribution < 1.29 is 19.2 Å². The number of nitro benzene ring substituents is 1. The van der Waals surface area contributed by atoms with Crippen LogP contribution in [-0.4, -0.2) is 23.6 Å². The van der Waals surface area contributed by atoms with Gasteiger partial charge in [0.15, 0.2) is 6.10 Å². The van der Waals surface area contributed by atoms with Crippen molar-refractivity contribution in [3.8, 4) is 5.75 Å². The summed E-state index contributed by atoms with van der Waals surface area (Å²) in [6.45, 7) is 3.38. The van der Waals surface area contributed by atoms with Crippen molar-refractivity contribution in [2.75, 3.05) is 6.61 Å². The van der Waals surface area contributed by atoms with Gasteiger partial charge in [-0.25, -0.2) is 4.79 Å². The Labute approximate surface area is 109 Å². The molecule has 0 radical (unpaired) electrons. The highest BCUT2D eigenvalue weighted by Gasteiger charge is 2.19. The molecule has 0 saturated carbocycles. The lowest BCUT2D eigenvalue weighted by Crippen LogP contribution is -2.26. The summed E-state index contributed by atoms with van der Waals surface area (Å²) in [5.41, 5.74) is -0.162. The first-order chi connectivity index (χ1) is 8.45. The largest absolute Gasteiger partial charge is 0.477 e. The molecule has 7 heteroatoms. The molecule has 0 fully saturated rings. The average Bonchev–Trinajstić information content (AvgIpc) is 2.31. The van der Waals surface area contributed by atoms with Crippen molar-refractivity contribution in [1.82, 2.24) is 0 Å². The number of nitrogens with zero attached hydrogens (tertiary/aromatic N) is 1. The van der Waals surface area contributed by atoms with E-state index >= 15 is 0 Å². The van der Waals surface area contributed by atoms with E-state index in [1.807, 2.05) is 0 Å². The van der Waals surface area contributed by atoms with Crippen LogP contribution < -0.4 is 4.74 Å². The van der Waals surface area contributed by atoms with Crippen LogP contribution in [0.1, 0.15) is 13.8 Å². The lowest BCUT2D eigenvalue weighted by Gasteiger charge is -2.14. The van der Waals surface area contributed by atoms with Crippen molar-refractivity contribution in [2.45, 2.75) is 20.0 Å². The van der Waals surface area contributed by atoms with Crippen molar-refractivity contribution in [1.29, 1.82) is 0 Å². The second-order valence-corrected chi connectivity index (χ2v) is 3.79. The van der Waals surface area contributed by atoms with Gasteiger partial charge in [-0.2, -0.15) is 0 Å². The van der Waals surface area contributed by atoms with E-state index in [0.717, 1.165) is 6.07 Å². The molecule has 0 bridgehead atoms. The Morgan fingerprint density at radius 1 is 1.56 bits per heavy atom. The molecule has 98 valence electrons. The second-order valence-electron chi connectivity index (χ2n) is 3.38. The van der Waals surface area contributed by atoms with E-state index in [1.54, 1.807) is 6.92 Å². The SMILES string of the molecule is CCOC(=O)C(C)Oc1cc([N+](=O)[O-])ccc1Cl. The van der Waals surface area contributed by atoms with Crippen molar-refractivity contribution in [2.24, 2.45) is 0 Å². The number of benzene rings is 1. The van der Waals surface area contributed by atoms with Crippen molar-refractivity contribution in [3.63, 3.8) is 0 Å². The number of esters is 1. The van der Waals surface area contributed by atoms with Gasteiger partial charge in [0.2, 0.25) is 0 Å². The first-order valence-corrected chi connectivity index (χ1v) is 5.60. The minimum absolute atomic E-state index is 0.0754. The third-order valence-electron chi connectivity index (χ3n) is 2.05. The van der Waals surface area contributed by atoms with Gasteiger partial charge >= 0.3 is 5.97 Å². The molecule has 0 aliphatic rings. The predicted molar refractivity (Wildman–Crippen MR) is 64.8 cm³/mol. The maximum Gasteiger partial charge on any atom is 0.347 e. The van der Waals surface area contributed by atoms with Gasteiger partial charge in [-0.3, -0.25) is 10.1 Å². The zero-order chi connectivity index (χ0) is 13.7. The minimum Gasteiger partial charge on any atom is -0.477 e. The van der Waals surface area contributed by atoms with Gasteiger partial charge in [-0.15, -0.1) is 0 Å². The number of hydrogen-bond donors (Lipinski definition) is 0. The standard InChI is InChI=1S/C11H12ClNO5/c1-3-17-11(14)7(2)18-10-6-8(13(15)16)4-5-9(10)12/h4-7H,3H2,1-2H3. The number of nitro groups is 1. The quantitative estimate of drug-likeness (QED) is 0.468. The molecule has 0 aliphatic carbocycles. The third kappa shape index (κ3) is 3.59. The van der Waals surface area contributed by atoms with Crippen LogP contribution in [0, 0.1) is 10.1 Å². The van der Waals surface area contributed by atoms with Crippen LogP contribution in [0.2, 0.25) is 5.02 Å². The Balaban J connectivity index is 2.86. The Hall–Kier alpha value is -1.82. The molecular weight excluding hydrogens is 262 g/mol. The van der Waals surface area contributed by atoms with Gasteiger partial charge < -0.3 is 9.47 Å². The molecule has 0 aromatic heterocycles. The molecule has 1 unspecified atom stereocenters. The summed E-state index contributed by atoms with van der Waals surface area (Å²) in [6, 6.07) is 3.76. The molecular formula is C11H12ClNO5. The van der Waals surface area contributed by atoms with E-state index in [0.29, 0.717) is 0 Å². The Morgan fingerprint density at radius 2 is 2.22 bits per heavy atom. The van der Waals surface area contributed by atoms with Crippen molar-refractivity contribution >= 4 is 23.3 Å². The summed E-state index contributed by atoms with van der Waals surface area (Å²) >= 11 is 5.83. The van der Waals surface area contributed by atoms with E-state index in [-0.39, 0.29) is 23.1 Å². The van der Waals surface area contributed by atoms with Gasteiger partial charge in [0.25, 0.3) is 5.69 Å². The molecule has 1 atom stereocenters. The monoisotopic (exact) mass is 273 g/mol. The van der Waals surface area contributed by atoms with E-state index in [2.05, 4.69) is 0 Å². The highest BCUT2D eigenvalue weighted by atomic mass is 35.5. The zero-order valence-electron chi connectivity index (χ0n) is 9.88. The molecule has 0 amide bonds. The van der Waals surface area contributed by atoms with Gasteiger partial charge in [0.05, 0.1) is 22.6 Å². The Bertz CT molecular complexity index is 463. The van der Waals surface area contributed by atoms with Crippen LogP contribution in [-0.2, 0) is 9.53 Å². The Kier molecular flexibility index (Phi) is 4.91. The fraction of sp³-hybridized carbons (Fsp3) is 0.364. The number of rotatable bonds is 5. The Morgan fingerprint density at radius 3 is 2.78 bits per heavy atom. The molecule has 1 aromatic carbocycles. The highest BCUT2D eigenvalue weighted by Crippen LogP contribution is 2.29. The molecule has 0 heterocycles. The molecule has 18 heavy (non-hydrogen) atoms. The molecule has 0 spiro atoms. The average molecular weight is 274 g/mol. The second kappa shape index (κ2) is 6.20. The van der Waals surface area contributed by atoms with Gasteiger partial charge in [0.1, 0.15) is 5.75 Å². The van der Waals surface area contributed by atoms with E-state index in [9.17, 15) is 14.9 Å². The zero-order valence-corrected chi connectivity index (χ0v) is 10.6. The number of non-ortho nitro benzene ring substituents is 1. The first kappa shape index (κ1) is 14.2. The summed E-state index contributed by atoms with van der Waals surface area (Å²) < 4.78 is 9.99. The van der Waals surface area contributed by atoms with Gasteiger partial charge in [0, 0.05) is 6.07 Å². The first-order valence-electron chi connectivity index (χ1n) is 5.23. The maximum atomic E-state index is 11.4. The number of halogens is 1. The van der Waals surface area contributed by atoms with E-state index in [1.165, 1.54) is 19.1 Å². The fourth-order valence-electron chi connectivity index (χ4n) is 1.19. The summed E-state index contributed by atoms with van der Waals surface area (Å²) in [6.07, 6.45) is -0.885. The summed E-state index contributed by atoms with van der Waals surface area (Å²) in [5.74, 6) is -0.480. The number of carbonyl (C=O) groups excluding carboxylic acids is 1.